The maximum atomic E-state index is 12.7. The van der Waals surface area contributed by atoms with E-state index in [4.69, 9.17) is 20.8 Å². The predicted octanol–water partition coefficient (Wildman–Crippen LogP) is 3.24. The lowest BCUT2D eigenvalue weighted by molar-refractivity contribution is 0.0374. The molecule has 2 aromatic heterocycles. The number of furan rings is 1. The molecule has 1 aliphatic rings. The van der Waals surface area contributed by atoms with E-state index < -0.39 is 0 Å². The fourth-order valence-electron chi connectivity index (χ4n) is 3.32. The Morgan fingerprint density at radius 2 is 2.03 bits per heavy atom. The lowest BCUT2D eigenvalue weighted by Crippen LogP contribution is -2.38. The van der Waals surface area contributed by atoms with Gasteiger partial charge in [0.05, 0.1) is 25.2 Å². The monoisotopic (exact) mass is 414 g/mol. The summed E-state index contributed by atoms with van der Waals surface area (Å²) in [4.78, 5) is 15.0. The summed E-state index contributed by atoms with van der Waals surface area (Å²) in [6.07, 6.45) is 2.47. The maximum absolute atomic E-state index is 12.7. The van der Waals surface area contributed by atoms with Crippen molar-refractivity contribution in [2.24, 2.45) is 0 Å². The predicted molar refractivity (Wildman–Crippen MR) is 110 cm³/mol. The molecule has 1 aliphatic heterocycles. The van der Waals surface area contributed by atoms with Crippen LogP contribution in [0, 0.1) is 0 Å². The van der Waals surface area contributed by atoms with Crippen LogP contribution in [-0.2, 0) is 4.74 Å². The summed E-state index contributed by atoms with van der Waals surface area (Å²) in [6.45, 7) is 5.00. The first-order valence-corrected chi connectivity index (χ1v) is 10.1. The van der Waals surface area contributed by atoms with E-state index >= 15 is 0 Å². The zero-order valence-electron chi connectivity index (χ0n) is 16.0. The molecular formula is C21H23ClN4O3. The number of nitrogens with one attached hydrogen (secondary N) is 1. The maximum Gasteiger partial charge on any atom is 0.271 e. The minimum atomic E-state index is -0.208. The number of morpholine rings is 1. The molecule has 152 valence electrons. The van der Waals surface area contributed by atoms with Gasteiger partial charge in [-0.1, -0.05) is 17.7 Å². The molecule has 0 saturated carbocycles. The third-order valence-corrected chi connectivity index (χ3v) is 5.04. The van der Waals surface area contributed by atoms with E-state index in [2.05, 4.69) is 15.3 Å². The molecule has 0 bridgehead atoms. The van der Waals surface area contributed by atoms with Crippen LogP contribution in [0.2, 0.25) is 5.02 Å². The van der Waals surface area contributed by atoms with Gasteiger partial charge >= 0.3 is 0 Å². The van der Waals surface area contributed by atoms with Gasteiger partial charge in [-0.15, -0.1) is 0 Å². The molecule has 1 fully saturated rings. The van der Waals surface area contributed by atoms with E-state index in [0.29, 0.717) is 28.7 Å². The van der Waals surface area contributed by atoms with Crippen molar-refractivity contribution >= 4 is 17.5 Å². The second kappa shape index (κ2) is 9.26. The smallest absolute Gasteiger partial charge is 0.271 e. The molecule has 0 radical (unpaired) electrons. The molecule has 8 heteroatoms. The van der Waals surface area contributed by atoms with Crippen molar-refractivity contribution in [2.75, 3.05) is 39.4 Å². The Morgan fingerprint density at radius 1 is 1.17 bits per heavy atom. The van der Waals surface area contributed by atoms with Gasteiger partial charge in [0.15, 0.2) is 11.5 Å². The fraction of sp³-hybridized carbons (Fsp3) is 0.333. The second-order valence-electron chi connectivity index (χ2n) is 6.85. The summed E-state index contributed by atoms with van der Waals surface area (Å²) in [6, 6.07) is 12.7. The van der Waals surface area contributed by atoms with Crippen molar-refractivity contribution < 1.29 is 13.9 Å². The van der Waals surface area contributed by atoms with E-state index in [-0.39, 0.29) is 5.91 Å². The zero-order chi connectivity index (χ0) is 20.1. The molecule has 1 N–H and O–H groups in total. The van der Waals surface area contributed by atoms with Gasteiger partial charge in [0, 0.05) is 30.7 Å². The number of nitrogens with zero attached hydrogens (tertiary/aromatic N) is 3. The molecule has 3 heterocycles. The molecule has 29 heavy (non-hydrogen) atoms. The zero-order valence-corrected chi connectivity index (χ0v) is 16.8. The highest BCUT2D eigenvalue weighted by molar-refractivity contribution is 6.30. The highest BCUT2D eigenvalue weighted by Crippen LogP contribution is 2.25. The van der Waals surface area contributed by atoms with Crippen LogP contribution in [0.15, 0.2) is 53.1 Å². The molecule has 3 aromatic rings. The third-order valence-electron chi connectivity index (χ3n) is 4.81. The summed E-state index contributed by atoms with van der Waals surface area (Å²) >= 11 is 6.13. The Balaban J connectivity index is 1.45. The van der Waals surface area contributed by atoms with E-state index in [1.165, 1.54) is 0 Å². The quantitative estimate of drug-likeness (QED) is 0.601. The largest absolute Gasteiger partial charge is 0.463 e. The molecule has 0 aliphatic carbocycles. The van der Waals surface area contributed by atoms with Gasteiger partial charge in [-0.05, 0) is 43.3 Å². The van der Waals surface area contributed by atoms with E-state index in [9.17, 15) is 4.79 Å². The number of amides is 1. The molecule has 1 saturated heterocycles. The van der Waals surface area contributed by atoms with Crippen LogP contribution in [0.3, 0.4) is 0 Å². The Bertz CT molecular complexity index is 949. The van der Waals surface area contributed by atoms with Crippen molar-refractivity contribution in [3.05, 3.63) is 59.4 Å². The Hall–Kier alpha value is -2.61. The van der Waals surface area contributed by atoms with Crippen LogP contribution in [-0.4, -0.2) is 60.0 Å². The lowest BCUT2D eigenvalue weighted by atomic mass is 10.2. The standard InChI is InChI=1S/C21H23ClN4O3/c22-16-4-1-5-17(14-16)26-19(20-6-2-11-29-20)15-18(24-26)21(27)23-7-3-8-25-9-12-28-13-10-25/h1-2,4-6,11,14-15H,3,7-10,12-13H2,(H,23,27). The first kappa shape index (κ1) is 19.7. The molecule has 1 aromatic carbocycles. The molecule has 1 amide bonds. The second-order valence-corrected chi connectivity index (χ2v) is 7.28. The number of carbonyl (C=O) groups is 1. The summed E-state index contributed by atoms with van der Waals surface area (Å²) in [5.41, 5.74) is 1.79. The molecule has 0 atom stereocenters. The number of rotatable bonds is 7. The van der Waals surface area contributed by atoms with Crippen LogP contribution in [0.25, 0.3) is 17.1 Å². The highest BCUT2D eigenvalue weighted by Gasteiger charge is 2.18. The van der Waals surface area contributed by atoms with Gasteiger partial charge in [0.2, 0.25) is 0 Å². The van der Waals surface area contributed by atoms with Gasteiger partial charge in [0.1, 0.15) is 5.69 Å². The average molecular weight is 415 g/mol. The molecule has 4 rings (SSSR count). The van der Waals surface area contributed by atoms with Crippen molar-refractivity contribution in [1.82, 2.24) is 20.0 Å². The summed E-state index contributed by atoms with van der Waals surface area (Å²) in [5, 5.41) is 8.06. The first-order chi connectivity index (χ1) is 14.2. The number of carbonyl (C=O) groups excluding carboxylic acids is 1. The number of hydrogen-bond acceptors (Lipinski definition) is 5. The van der Waals surface area contributed by atoms with Crippen LogP contribution >= 0.6 is 11.6 Å². The van der Waals surface area contributed by atoms with Crippen molar-refractivity contribution in [3.8, 4) is 17.1 Å². The van der Waals surface area contributed by atoms with Gasteiger partial charge in [0.25, 0.3) is 5.91 Å². The Labute approximate surface area is 174 Å². The topological polar surface area (TPSA) is 72.5 Å². The van der Waals surface area contributed by atoms with Crippen molar-refractivity contribution in [1.29, 1.82) is 0 Å². The SMILES string of the molecule is O=C(NCCCN1CCOCC1)c1cc(-c2ccco2)n(-c2cccc(Cl)c2)n1. The Kier molecular flexibility index (Phi) is 6.29. The Morgan fingerprint density at radius 3 is 2.79 bits per heavy atom. The van der Waals surface area contributed by atoms with Gasteiger partial charge in [-0.2, -0.15) is 5.10 Å². The molecule has 0 unspecified atom stereocenters. The summed E-state index contributed by atoms with van der Waals surface area (Å²) in [5.74, 6) is 0.421. The van der Waals surface area contributed by atoms with Gasteiger partial charge < -0.3 is 14.5 Å². The fourth-order valence-corrected chi connectivity index (χ4v) is 3.50. The average Bonchev–Trinajstić information content (AvgIpc) is 3.41. The number of benzene rings is 1. The van der Waals surface area contributed by atoms with Gasteiger partial charge in [-0.25, -0.2) is 4.68 Å². The summed E-state index contributed by atoms with van der Waals surface area (Å²) in [7, 11) is 0. The van der Waals surface area contributed by atoms with Crippen LogP contribution < -0.4 is 5.32 Å². The van der Waals surface area contributed by atoms with Crippen LogP contribution in [0.5, 0.6) is 0 Å². The lowest BCUT2D eigenvalue weighted by Gasteiger charge is -2.26. The van der Waals surface area contributed by atoms with E-state index in [0.717, 1.165) is 45.0 Å². The van der Waals surface area contributed by atoms with Crippen molar-refractivity contribution in [3.63, 3.8) is 0 Å². The third kappa shape index (κ3) is 4.87. The van der Waals surface area contributed by atoms with E-state index in [1.54, 1.807) is 35.2 Å². The minimum Gasteiger partial charge on any atom is -0.463 e. The van der Waals surface area contributed by atoms with E-state index in [1.807, 2.05) is 18.2 Å². The normalized spacial score (nSPS) is 14.8. The minimum absolute atomic E-state index is 0.208. The molecule has 7 nitrogen and oxygen atoms in total. The first-order valence-electron chi connectivity index (χ1n) is 9.69. The highest BCUT2D eigenvalue weighted by atomic mass is 35.5. The van der Waals surface area contributed by atoms with Crippen LogP contribution in [0.1, 0.15) is 16.9 Å². The molecule has 0 spiro atoms. The number of hydrogen-bond donors (Lipinski definition) is 1. The van der Waals surface area contributed by atoms with Crippen LogP contribution in [0.4, 0.5) is 0 Å². The number of halogens is 1. The number of aromatic nitrogens is 2. The van der Waals surface area contributed by atoms with Gasteiger partial charge in [-0.3, -0.25) is 9.69 Å². The summed E-state index contributed by atoms with van der Waals surface area (Å²) < 4.78 is 12.6. The molecular weight excluding hydrogens is 392 g/mol. The van der Waals surface area contributed by atoms with Crippen molar-refractivity contribution in [2.45, 2.75) is 6.42 Å². The number of ether oxygens (including phenoxy) is 1.